The van der Waals surface area contributed by atoms with Crippen LogP contribution in [-0.4, -0.2) is 28.5 Å². The van der Waals surface area contributed by atoms with Crippen LogP contribution in [0.5, 0.6) is 0 Å². The van der Waals surface area contributed by atoms with E-state index < -0.39 is 11.9 Å². The molecule has 2 heterocycles. The number of carbonyl (C=O) groups is 2. The van der Waals surface area contributed by atoms with Crippen LogP contribution in [0.3, 0.4) is 0 Å². The molecule has 7 heteroatoms. The van der Waals surface area contributed by atoms with Gasteiger partial charge in [0.1, 0.15) is 5.01 Å². The van der Waals surface area contributed by atoms with Crippen LogP contribution in [-0.2, 0) is 9.53 Å². The van der Waals surface area contributed by atoms with Gasteiger partial charge in [-0.25, -0.2) is 9.78 Å². The summed E-state index contributed by atoms with van der Waals surface area (Å²) in [5.74, 6) is -1.000. The maximum Gasteiger partial charge on any atom is 0.340 e. The minimum absolute atomic E-state index is 0.302. The number of hydrogen-bond acceptors (Lipinski definition) is 6. The second-order valence-electron chi connectivity index (χ2n) is 6.43. The van der Waals surface area contributed by atoms with Crippen LogP contribution < -0.4 is 5.32 Å². The molecule has 0 aliphatic rings. The number of nitrogens with zero attached hydrogens (tertiary/aromatic N) is 2. The van der Waals surface area contributed by atoms with Crippen molar-refractivity contribution in [3.8, 4) is 10.6 Å². The number of nitrogens with one attached hydrogen (secondary N) is 1. The van der Waals surface area contributed by atoms with Crippen molar-refractivity contribution in [2.75, 3.05) is 11.9 Å². The first-order valence-electron chi connectivity index (χ1n) is 8.93. The van der Waals surface area contributed by atoms with E-state index in [9.17, 15) is 9.59 Å². The number of fused-ring (bicyclic) bond motifs is 1. The van der Waals surface area contributed by atoms with E-state index in [0.29, 0.717) is 11.3 Å². The fraction of sp³-hybridized carbons (Fsp3) is 0.0909. The Kier molecular flexibility index (Phi) is 5.31. The van der Waals surface area contributed by atoms with Crippen molar-refractivity contribution in [2.24, 2.45) is 0 Å². The number of rotatable bonds is 5. The summed E-state index contributed by atoms with van der Waals surface area (Å²) in [5, 5.41) is 3.64. The van der Waals surface area contributed by atoms with Gasteiger partial charge in [-0.15, -0.1) is 11.3 Å². The van der Waals surface area contributed by atoms with Crippen LogP contribution in [0.1, 0.15) is 15.9 Å². The number of benzene rings is 2. The Morgan fingerprint density at radius 3 is 2.69 bits per heavy atom. The zero-order valence-electron chi connectivity index (χ0n) is 15.6. The van der Waals surface area contributed by atoms with Gasteiger partial charge in [-0.2, -0.15) is 0 Å². The van der Waals surface area contributed by atoms with Gasteiger partial charge in [-0.3, -0.25) is 9.78 Å². The Hall–Kier alpha value is -3.58. The molecule has 29 heavy (non-hydrogen) atoms. The number of aryl methyl sites for hydroxylation is 1. The van der Waals surface area contributed by atoms with Crippen molar-refractivity contribution >= 4 is 39.1 Å². The Labute approximate surface area is 171 Å². The summed E-state index contributed by atoms with van der Waals surface area (Å²) in [6, 6.07) is 16.8. The minimum atomic E-state index is -0.588. The number of anilines is 1. The molecule has 1 amide bonds. The molecule has 0 aliphatic carbocycles. The van der Waals surface area contributed by atoms with E-state index in [4.69, 9.17) is 4.74 Å². The molecule has 0 bridgehead atoms. The fourth-order valence-electron chi connectivity index (χ4n) is 2.75. The van der Waals surface area contributed by atoms with Gasteiger partial charge >= 0.3 is 5.97 Å². The molecule has 2 aromatic heterocycles. The lowest BCUT2D eigenvalue weighted by molar-refractivity contribution is -0.119. The second-order valence-corrected chi connectivity index (χ2v) is 7.46. The number of ether oxygens (including phenoxy) is 1. The van der Waals surface area contributed by atoms with Gasteiger partial charge in [-0.05, 0) is 61.0 Å². The van der Waals surface area contributed by atoms with Gasteiger partial charge in [0.2, 0.25) is 0 Å². The monoisotopic (exact) mass is 403 g/mol. The highest BCUT2D eigenvalue weighted by molar-refractivity contribution is 7.21. The second kappa shape index (κ2) is 8.20. The number of thiazole rings is 1. The predicted octanol–water partition coefficient (Wildman–Crippen LogP) is 4.46. The molecule has 2 aromatic carbocycles. The zero-order chi connectivity index (χ0) is 20.2. The highest BCUT2D eigenvalue weighted by atomic mass is 32.1. The van der Waals surface area contributed by atoms with Crippen molar-refractivity contribution < 1.29 is 14.3 Å². The van der Waals surface area contributed by atoms with E-state index in [1.54, 1.807) is 41.8 Å². The minimum Gasteiger partial charge on any atom is -0.452 e. The van der Waals surface area contributed by atoms with Gasteiger partial charge in [0.15, 0.2) is 6.61 Å². The van der Waals surface area contributed by atoms with Crippen molar-refractivity contribution in [1.82, 2.24) is 9.97 Å². The molecule has 1 N–H and O–H groups in total. The maximum atomic E-state index is 12.0. The molecule has 4 aromatic rings. The van der Waals surface area contributed by atoms with Gasteiger partial charge in [-0.1, -0.05) is 6.07 Å². The van der Waals surface area contributed by atoms with E-state index in [-0.39, 0.29) is 6.61 Å². The number of carbonyl (C=O) groups excluding carboxylic acids is 2. The molecular formula is C22H17N3O3S. The molecule has 4 rings (SSSR count). The zero-order valence-corrected chi connectivity index (χ0v) is 16.4. The van der Waals surface area contributed by atoms with Crippen molar-refractivity contribution in [3.05, 3.63) is 78.1 Å². The molecule has 0 aliphatic heterocycles. The van der Waals surface area contributed by atoms with Gasteiger partial charge in [0, 0.05) is 23.6 Å². The quantitative estimate of drug-likeness (QED) is 0.498. The molecule has 0 saturated heterocycles. The largest absolute Gasteiger partial charge is 0.452 e. The third-order valence-electron chi connectivity index (χ3n) is 4.19. The number of aromatic nitrogens is 2. The summed E-state index contributed by atoms with van der Waals surface area (Å²) >= 11 is 1.63. The SMILES string of the molecule is Cc1ccc2nc(-c3ccc(NC(=O)COC(=O)c4cccnc4)cc3)sc2c1. The first kappa shape index (κ1) is 18.8. The van der Waals surface area contributed by atoms with E-state index in [0.717, 1.165) is 20.8 Å². The van der Waals surface area contributed by atoms with Crippen molar-refractivity contribution in [3.63, 3.8) is 0 Å². The van der Waals surface area contributed by atoms with Crippen LogP contribution in [0.4, 0.5) is 5.69 Å². The molecule has 0 atom stereocenters. The Balaban J connectivity index is 1.37. The van der Waals surface area contributed by atoms with E-state index in [1.807, 2.05) is 24.3 Å². The third kappa shape index (κ3) is 4.47. The number of amides is 1. The Morgan fingerprint density at radius 1 is 1.10 bits per heavy atom. The first-order valence-corrected chi connectivity index (χ1v) is 9.75. The third-order valence-corrected chi connectivity index (χ3v) is 5.26. The highest BCUT2D eigenvalue weighted by Gasteiger charge is 2.11. The van der Waals surface area contributed by atoms with Crippen LogP contribution in [0.15, 0.2) is 67.0 Å². The van der Waals surface area contributed by atoms with Gasteiger partial charge in [0.05, 0.1) is 15.8 Å². The summed E-state index contributed by atoms with van der Waals surface area (Å²) < 4.78 is 6.15. The number of pyridine rings is 1. The van der Waals surface area contributed by atoms with E-state index in [1.165, 1.54) is 11.8 Å². The lowest BCUT2D eigenvalue weighted by Crippen LogP contribution is -2.20. The summed E-state index contributed by atoms with van der Waals surface area (Å²) in [6.07, 6.45) is 2.95. The fourth-order valence-corrected chi connectivity index (χ4v) is 3.82. The predicted molar refractivity (Wildman–Crippen MR) is 113 cm³/mol. The van der Waals surface area contributed by atoms with E-state index in [2.05, 4.69) is 28.3 Å². The number of hydrogen-bond donors (Lipinski definition) is 1. The molecule has 144 valence electrons. The standard InChI is InChI=1S/C22H17N3O3S/c1-14-4-9-18-19(11-14)29-21(25-18)15-5-7-17(8-6-15)24-20(26)13-28-22(27)16-3-2-10-23-12-16/h2-12H,13H2,1H3,(H,24,26). The van der Waals surface area contributed by atoms with Gasteiger partial charge < -0.3 is 10.1 Å². The van der Waals surface area contributed by atoms with Gasteiger partial charge in [0.25, 0.3) is 5.91 Å². The van der Waals surface area contributed by atoms with Crippen molar-refractivity contribution in [2.45, 2.75) is 6.92 Å². The number of esters is 1. The lowest BCUT2D eigenvalue weighted by Gasteiger charge is -2.07. The topological polar surface area (TPSA) is 81.2 Å². The molecule has 0 unspecified atom stereocenters. The Morgan fingerprint density at radius 2 is 1.93 bits per heavy atom. The van der Waals surface area contributed by atoms with Crippen LogP contribution in [0.2, 0.25) is 0 Å². The maximum absolute atomic E-state index is 12.0. The van der Waals surface area contributed by atoms with Crippen LogP contribution in [0, 0.1) is 6.92 Å². The summed E-state index contributed by atoms with van der Waals surface area (Å²) in [4.78, 5) is 32.4. The van der Waals surface area contributed by atoms with Crippen LogP contribution >= 0.6 is 11.3 Å². The summed E-state index contributed by atoms with van der Waals surface area (Å²) in [6.45, 7) is 1.69. The summed E-state index contributed by atoms with van der Waals surface area (Å²) in [5.41, 5.74) is 4.08. The highest BCUT2D eigenvalue weighted by Crippen LogP contribution is 2.31. The molecule has 0 saturated carbocycles. The summed E-state index contributed by atoms with van der Waals surface area (Å²) in [7, 11) is 0. The normalized spacial score (nSPS) is 10.7. The molecule has 0 fully saturated rings. The van der Waals surface area contributed by atoms with Crippen LogP contribution in [0.25, 0.3) is 20.8 Å². The smallest absolute Gasteiger partial charge is 0.340 e. The molecule has 0 radical (unpaired) electrons. The first-order chi connectivity index (χ1) is 14.1. The average Bonchev–Trinajstić information content (AvgIpc) is 3.16. The molecular weight excluding hydrogens is 386 g/mol. The molecule has 0 spiro atoms. The molecule has 6 nitrogen and oxygen atoms in total. The average molecular weight is 403 g/mol. The van der Waals surface area contributed by atoms with E-state index >= 15 is 0 Å². The van der Waals surface area contributed by atoms with Crippen molar-refractivity contribution in [1.29, 1.82) is 0 Å². The Bertz CT molecular complexity index is 1170. The lowest BCUT2D eigenvalue weighted by atomic mass is 10.2.